The molecule has 0 fully saturated rings. The maximum atomic E-state index is 4.41. The maximum Gasteiger partial charge on any atom is 0.103 e. The lowest BCUT2D eigenvalue weighted by atomic mass is 9.90. The third kappa shape index (κ3) is 7.46. The molecule has 1 heterocycles. The number of imidazole rings is 1. The van der Waals surface area contributed by atoms with Crippen molar-refractivity contribution < 1.29 is 0 Å². The highest BCUT2D eigenvalue weighted by Gasteiger charge is 2.15. The molecule has 1 N–H and O–H groups in total. The van der Waals surface area contributed by atoms with Crippen molar-refractivity contribution in [1.29, 1.82) is 0 Å². The van der Waals surface area contributed by atoms with E-state index in [-0.39, 0.29) is 0 Å². The van der Waals surface area contributed by atoms with Gasteiger partial charge in [-0.2, -0.15) is 0 Å². The van der Waals surface area contributed by atoms with Crippen molar-refractivity contribution in [2.45, 2.75) is 90.4 Å². The summed E-state index contributed by atoms with van der Waals surface area (Å²) in [5.41, 5.74) is 2.67. The molecular weight excluding hydrogens is 304 g/mol. The van der Waals surface area contributed by atoms with Gasteiger partial charge >= 0.3 is 0 Å². The van der Waals surface area contributed by atoms with E-state index in [1.54, 1.807) is 0 Å². The van der Waals surface area contributed by atoms with Crippen LogP contribution in [-0.2, 0) is 0 Å². The van der Waals surface area contributed by atoms with Gasteiger partial charge in [0, 0.05) is 17.8 Å². The second kappa shape index (κ2) is 11.9. The largest absolute Gasteiger partial charge is 0.346 e. The van der Waals surface area contributed by atoms with Crippen molar-refractivity contribution in [2.24, 2.45) is 0 Å². The van der Waals surface area contributed by atoms with Gasteiger partial charge in [0.05, 0.1) is 0 Å². The predicted molar refractivity (Wildman–Crippen MR) is 108 cm³/mol. The van der Waals surface area contributed by atoms with Gasteiger partial charge in [-0.05, 0) is 18.9 Å². The Morgan fingerprint density at radius 2 is 1.44 bits per heavy atom. The molecule has 2 nitrogen and oxygen atoms in total. The van der Waals surface area contributed by atoms with Crippen LogP contribution in [0.1, 0.15) is 101 Å². The summed E-state index contributed by atoms with van der Waals surface area (Å²) in [5.74, 6) is 1.47. The zero-order valence-corrected chi connectivity index (χ0v) is 16.3. The van der Waals surface area contributed by atoms with E-state index in [0.717, 1.165) is 5.82 Å². The first-order chi connectivity index (χ1) is 12.3. The molecule has 25 heavy (non-hydrogen) atoms. The molecule has 2 heteroatoms. The third-order valence-corrected chi connectivity index (χ3v) is 5.15. The van der Waals surface area contributed by atoms with Crippen LogP contribution >= 0.6 is 0 Å². The van der Waals surface area contributed by atoms with Crippen LogP contribution in [0.5, 0.6) is 0 Å². The quantitative estimate of drug-likeness (QED) is 0.385. The van der Waals surface area contributed by atoms with Crippen molar-refractivity contribution in [3.8, 4) is 0 Å². The Balaban J connectivity index is 1.69. The molecule has 0 spiro atoms. The Morgan fingerprint density at radius 1 is 0.840 bits per heavy atom. The smallest absolute Gasteiger partial charge is 0.103 e. The Labute approximate surface area is 154 Å². The average molecular weight is 341 g/mol. The molecule has 0 saturated carbocycles. The number of aromatic amines is 1. The SMILES string of the molecule is CCCCCCCCCCCCC(c1ccccc1)c1cnc(C)[nH]1. The standard InChI is InChI=1S/C23H36N2/c1-3-4-5-6-7-8-9-10-11-15-18-22(21-16-13-12-14-17-21)23-19-24-20(2)25-23/h12-14,16-17,19,22H,3-11,15,18H2,1-2H3,(H,24,25). The van der Waals surface area contributed by atoms with Crippen LogP contribution in [0.4, 0.5) is 0 Å². The first-order valence-corrected chi connectivity index (χ1v) is 10.4. The molecule has 0 saturated heterocycles. The number of aromatic nitrogens is 2. The number of nitrogens with one attached hydrogen (secondary N) is 1. The highest BCUT2D eigenvalue weighted by molar-refractivity contribution is 5.27. The number of nitrogens with zero attached hydrogens (tertiary/aromatic N) is 1. The minimum atomic E-state index is 0.455. The molecule has 1 unspecified atom stereocenters. The molecular formula is C23H36N2. The molecule has 2 rings (SSSR count). The van der Waals surface area contributed by atoms with Crippen LogP contribution in [0.15, 0.2) is 36.5 Å². The molecule has 0 bridgehead atoms. The summed E-state index contributed by atoms with van der Waals surface area (Å²) in [7, 11) is 0. The highest BCUT2D eigenvalue weighted by Crippen LogP contribution is 2.29. The van der Waals surface area contributed by atoms with Crippen molar-refractivity contribution >= 4 is 0 Å². The lowest BCUT2D eigenvalue weighted by Gasteiger charge is -2.16. The fraction of sp³-hybridized carbons (Fsp3) is 0.609. The van der Waals surface area contributed by atoms with Crippen LogP contribution in [0, 0.1) is 6.92 Å². The number of benzene rings is 1. The summed E-state index contributed by atoms with van der Waals surface area (Å²) in [5, 5.41) is 0. The summed E-state index contributed by atoms with van der Waals surface area (Å²) >= 11 is 0. The lowest BCUT2D eigenvalue weighted by molar-refractivity contribution is 0.538. The first-order valence-electron chi connectivity index (χ1n) is 10.4. The molecule has 0 radical (unpaired) electrons. The van der Waals surface area contributed by atoms with E-state index in [0.29, 0.717) is 5.92 Å². The summed E-state index contributed by atoms with van der Waals surface area (Å²) in [4.78, 5) is 7.86. The molecule has 0 amide bonds. The maximum absolute atomic E-state index is 4.41. The predicted octanol–water partition coefficient (Wildman–Crippen LogP) is 7.16. The van der Waals surface area contributed by atoms with Crippen molar-refractivity contribution in [1.82, 2.24) is 9.97 Å². The van der Waals surface area contributed by atoms with Crippen molar-refractivity contribution in [3.05, 3.63) is 53.6 Å². The van der Waals surface area contributed by atoms with E-state index < -0.39 is 0 Å². The van der Waals surface area contributed by atoms with Crippen LogP contribution < -0.4 is 0 Å². The van der Waals surface area contributed by atoms with Crippen molar-refractivity contribution in [2.75, 3.05) is 0 Å². The first kappa shape index (κ1) is 19.8. The summed E-state index contributed by atoms with van der Waals surface area (Å²) in [6.07, 6.45) is 17.1. The van der Waals surface area contributed by atoms with Gasteiger partial charge in [0.2, 0.25) is 0 Å². The van der Waals surface area contributed by atoms with E-state index >= 15 is 0 Å². The number of unbranched alkanes of at least 4 members (excludes halogenated alkanes) is 9. The van der Waals surface area contributed by atoms with E-state index in [9.17, 15) is 0 Å². The molecule has 138 valence electrons. The van der Waals surface area contributed by atoms with Gasteiger partial charge in [-0.15, -0.1) is 0 Å². The van der Waals surface area contributed by atoms with Crippen LogP contribution in [0.25, 0.3) is 0 Å². The average Bonchev–Trinajstić information content (AvgIpc) is 3.06. The summed E-state index contributed by atoms with van der Waals surface area (Å²) in [6, 6.07) is 10.9. The number of H-pyrrole nitrogens is 1. The van der Waals surface area contributed by atoms with E-state index in [1.165, 1.54) is 81.9 Å². The summed E-state index contributed by atoms with van der Waals surface area (Å²) < 4.78 is 0. The molecule has 1 aromatic heterocycles. The zero-order valence-electron chi connectivity index (χ0n) is 16.3. The lowest BCUT2D eigenvalue weighted by Crippen LogP contribution is -2.02. The Hall–Kier alpha value is -1.57. The second-order valence-corrected chi connectivity index (χ2v) is 7.36. The number of hydrogen-bond donors (Lipinski definition) is 1. The molecule has 1 atom stereocenters. The third-order valence-electron chi connectivity index (χ3n) is 5.15. The normalized spacial score (nSPS) is 12.4. The molecule has 0 aliphatic rings. The molecule has 0 aliphatic heterocycles. The van der Waals surface area contributed by atoms with Gasteiger partial charge in [0.1, 0.15) is 5.82 Å². The Bertz CT molecular complexity index is 558. The monoisotopic (exact) mass is 340 g/mol. The summed E-state index contributed by atoms with van der Waals surface area (Å²) in [6.45, 7) is 4.32. The van der Waals surface area contributed by atoms with Crippen LogP contribution in [0.3, 0.4) is 0 Å². The highest BCUT2D eigenvalue weighted by atomic mass is 14.9. The Morgan fingerprint density at radius 3 is 2.00 bits per heavy atom. The van der Waals surface area contributed by atoms with Crippen LogP contribution in [-0.4, -0.2) is 9.97 Å². The van der Waals surface area contributed by atoms with Gasteiger partial charge in [0.25, 0.3) is 0 Å². The topological polar surface area (TPSA) is 28.7 Å². The number of aryl methyl sites for hydroxylation is 1. The Kier molecular flexibility index (Phi) is 9.40. The fourth-order valence-electron chi connectivity index (χ4n) is 3.64. The van der Waals surface area contributed by atoms with E-state index in [2.05, 4.69) is 47.2 Å². The van der Waals surface area contributed by atoms with Crippen LogP contribution in [0.2, 0.25) is 0 Å². The molecule has 0 aliphatic carbocycles. The number of hydrogen-bond acceptors (Lipinski definition) is 1. The van der Waals surface area contributed by atoms with Gasteiger partial charge in [-0.25, -0.2) is 4.98 Å². The van der Waals surface area contributed by atoms with Gasteiger partial charge in [0.15, 0.2) is 0 Å². The van der Waals surface area contributed by atoms with E-state index in [1.807, 2.05) is 13.1 Å². The fourth-order valence-corrected chi connectivity index (χ4v) is 3.64. The molecule has 1 aromatic carbocycles. The molecule has 2 aromatic rings. The second-order valence-electron chi connectivity index (χ2n) is 7.36. The van der Waals surface area contributed by atoms with E-state index in [4.69, 9.17) is 0 Å². The number of rotatable bonds is 13. The van der Waals surface area contributed by atoms with Gasteiger partial charge < -0.3 is 4.98 Å². The minimum absolute atomic E-state index is 0.455. The van der Waals surface area contributed by atoms with Crippen molar-refractivity contribution in [3.63, 3.8) is 0 Å². The van der Waals surface area contributed by atoms with Gasteiger partial charge in [-0.1, -0.05) is 101 Å². The van der Waals surface area contributed by atoms with Gasteiger partial charge in [-0.3, -0.25) is 0 Å². The zero-order chi connectivity index (χ0) is 17.7. The minimum Gasteiger partial charge on any atom is -0.346 e.